The second kappa shape index (κ2) is 7.28. The monoisotopic (exact) mass is 460 g/mol. The fraction of sp³-hybridized carbons (Fsp3) is 0.190. The molecular formula is C21H15ClF2N4O2S. The Hall–Kier alpha value is -3.04. The second-order valence-corrected chi connectivity index (χ2v) is 8.10. The molecule has 0 amide bonds. The number of hydrogen-bond acceptors (Lipinski definition) is 4. The topological polar surface area (TPSA) is 64.8 Å². The van der Waals surface area contributed by atoms with Gasteiger partial charge in [-0.3, -0.25) is 14.5 Å². The smallest absolute Gasteiger partial charge is 0.202 e. The highest BCUT2D eigenvalue weighted by Crippen LogP contribution is 2.41. The number of H-pyrrole nitrogens is 1. The number of hydrogen-bond donors (Lipinski definition) is 1. The van der Waals surface area contributed by atoms with Crippen molar-refractivity contribution in [3.05, 3.63) is 68.2 Å². The number of aromatic amines is 1. The van der Waals surface area contributed by atoms with Crippen LogP contribution < -0.4 is 10.2 Å². The molecule has 0 atom stereocenters. The fourth-order valence-corrected chi connectivity index (χ4v) is 4.09. The standard InChI is InChI=1S/C21H15ClF2N4O2S/c1-30-19-16(24)15(23)8-13-17(19)27(11-6-7-11)9-14(18(13)29)20-25-26-21(31)28(20)12-4-2-10(22)3-5-12/h2-5,8-9,11H,6-7H2,1H3,(H,26,31). The van der Waals surface area contributed by atoms with E-state index in [0.717, 1.165) is 18.9 Å². The number of nitrogens with zero attached hydrogens (tertiary/aromatic N) is 3. The average Bonchev–Trinajstić information content (AvgIpc) is 3.53. The van der Waals surface area contributed by atoms with Crippen molar-refractivity contribution in [3.63, 3.8) is 0 Å². The van der Waals surface area contributed by atoms with E-state index >= 15 is 0 Å². The first kappa shape index (κ1) is 19.9. The molecule has 0 radical (unpaired) electrons. The van der Waals surface area contributed by atoms with Gasteiger partial charge < -0.3 is 9.30 Å². The molecule has 0 saturated heterocycles. The normalized spacial score (nSPS) is 13.7. The maximum atomic E-state index is 14.4. The van der Waals surface area contributed by atoms with Gasteiger partial charge in [0.2, 0.25) is 11.2 Å². The second-order valence-electron chi connectivity index (χ2n) is 7.28. The minimum Gasteiger partial charge on any atom is -0.491 e. The predicted octanol–water partition coefficient (Wildman–Crippen LogP) is 5.19. The molecule has 0 bridgehead atoms. The minimum atomic E-state index is -1.16. The largest absolute Gasteiger partial charge is 0.491 e. The van der Waals surface area contributed by atoms with E-state index in [2.05, 4.69) is 10.2 Å². The summed E-state index contributed by atoms with van der Waals surface area (Å²) in [6, 6.07) is 7.84. The van der Waals surface area contributed by atoms with Gasteiger partial charge in [0.25, 0.3) is 0 Å². The number of methoxy groups -OCH3 is 1. The zero-order valence-electron chi connectivity index (χ0n) is 16.2. The Balaban J connectivity index is 1.85. The van der Waals surface area contributed by atoms with Crippen LogP contribution in [0.5, 0.6) is 5.75 Å². The maximum Gasteiger partial charge on any atom is 0.202 e. The van der Waals surface area contributed by atoms with Crippen molar-refractivity contribution in [1.82, 2.24) is 19.3 Å². The third-order valence-corrected chi connectivity index (χ3v) is 5.83. The first-order valence-electron chi connectivity index (χ1n) is 9.45. The molecular weight excluding hydrogens is 446 g/mol. The van der Waals surface area contributed by atoms with Crippen LogP contribution in [0.1, 0.15) is 18.9 Å². The van der Waals surface area contributed by atoms with Crippen LogP contribution in [0.3, 0.4) is 0 Å². The number of fused-ring (bicyclic) bond motifs is 1. The number of nitrogens with one attached hydrogen (secondary N) is 1. The van der Waals surface area contributed by atoms with Crippen molar-refractivity contribution in [2.45, 2.75) is 18.9 Å². The lowest BCUT2D eigenvalue weighted by atomic mass is 10.1. The van der Waals surface area contributed by atoms with Gasteiger partial charge in [-0.2, -0.15) is 9.49 Å². The summed E-state index contributed by atoms with van der Waals surface area (Å²) in [6.45, 7) is 0. The van der Waals surface area contributed by atoms with E-state index in [4.69, 9.17) is 28.6 Å². The van der Waals surface area contributed by atoms with Crippen LogP contribution >= 0.6 is 23.8 Å². The summed E-state index contributed by atoms with van der Waals surface area (Å²) in [4.78, 5) is 13.4. The predicted molar refractivity (Wildman–Crippen MR) is 116 cm³/mol. The molecule has 158 valence electrons. The molecule has 1 saturated carbocycles. The van der Waals surface area contributed by atoms with E-state index in [0.29, 0.717) is 10.7 Å². The molecule has 0 unspecified atom stereocenters. The van der Waals surface area contributed by atoms with Crippen molar-refractivity contribution in [1.29, 1.82) is 0 Å². The van der Waals surface area contributed by atoms with Crippen molar-refractivity contribution in [2.24, 2.45) is 0 Å². The lowest BCUT2D eigenvalue weighted by Gasteiger charge is -2.16. The van der Waals surface area contributed by atoms with Crippen molar-refractivity contribution >= 4 is 34.7 Å². The van der Waals surface area contributed by atoms with Gasteiger partial charge in [0, 0.05) is 17.3 Å². The summed E-state index contributed by atoms with van der Waals surface area (Å²) in [6.07, 6.45) is 3.31. The number of halogens is 3. The van der Waals surface area contributed by atoms with Gasteiger partial charge in [-0.05, 0) is 55.4 Å². The summed E-state index contributed by atoms with van der Waals surface area (Å²) >= 11 is 11.4. The minimum absolute atomic E-state index is 0.0109. The molecule has 31 heavy (non-hydrogen) atoms. The molecule has 1 aliphatic carbocycles. The molecule has 2 heterocycles. The van der Waals surface area contributed by atoms with Gasteiger partial charge in [0.05, 0.1) is 29.3 Å². The molecule has 0 spiro atoms. The zero-order chi connectivity index (χ0) is 21.9. The fourth-order valence-electron chi connectivity index (χ4n) is 3.72. The van der Waals surface area contributed by atoms with Crippen LogP contribution in [0.2, 0.25) is 5.02 Å². The van der Waals surface area contributed by atoms with Crippen LogP contribution in [0.25, 0.3) is 28.0 Å². The number of rotatable bonds is 4. The van der Waals surface area contributed by atoms with Crippen LogP contribution in [0.15, 0.2) is 41.3 Å². The highest BCUT2D eigenvalue weighted by atomic mass is 35.5. The Morgan fingerprint density at radius 3 is 2.61 bits per heavy atom. The lowest BCUT2D eigenvalue weighted by Crippen LogP contribution is -2.15. The van der Waals surface area contributed by atoms with Crippen molar-refractivity contribution in [2.75, 3.05) is 7.11 Å². The number of pyridine rings is 1. The Labute approximate surface area is 184 Å². The summed E-state index contributed by atoms with van der Waals surface area (Å²) in [5.74, 6) is -2.31. The van der Waals surface area contributed by atoms with Gasteiger partial charge in [-0.15, -0.1) is 0 Å². The highest BCUT2D eigenvalue weighted by molar-refractivity contribution is 7.71. The molecule has 4 aromatic rings. The zero-order valence-corrected chi connectivity index (χ0v) is 17.7. The highest BCUT2D eigenvalue weighted by Gasteiger charge is 2.30. The van der Waals surface area contributed by atoms with E-state index in [1.807, 2.05) is 0 Å². The van der Waals surface area contributed by atoms with Crippen LogP contribution in [-0.4, -0.2) is 26.4 Å². The first-order valence-corrected chi connectivity index (χ1v) is 10.2. The van der Waals surface area contributed by atoms with Gasteiger partial charge in [-0.1, -0.05) is 11.6 Å². The SMILES string of the molecule is COc1c(F)c(F)cc2c(=O)c(-c3n[nH]c(=S)n3-c3ccc(Cl)cc3)cn(C3CC3)c12. The van der Waals surface area contributed by atoms with Crippen molar-refractivity contribution < 1.29 is 13.5 Å². The van der Waals surface area contributed by atoms with E-state index < -0.39 is 17.1 Å². The van der Waals surface area contributed by atoms with Crippen molar-refractivity contribution in [3.8, 4) is 22.8 Å². The molecule has 5 rings (SSSR count). The molecule has 1 fully saturated rings. The molecule has 10 heteroatoms. The Morgan fingerprint density at radius 2 is 1.97 bits per heavy atom. The quantitative estimate of drug-likeness (QED) is 0.426. The van der Waals surface area contributed by atoms with Crippen LogP contribution in [0.4, 0.5) is 8.78 Å². The molecule has 2 aromatic carbocycles. The van der Waals surface area contributed by atoms with E-state index in [1.165, 1.54) is 7.11 Å². The summed E-state index contributed by atoms with van der Waals surface area (Å²) in [7, 11) is 1.25. The molecule has 6 nitrogen and oxygen atoms in total. The van der Waals surface area contributed by atoms with E-state index in [9.17, 15) is 13.6 Å². The third kappa shape index (κ3) is 3.16. The average molecular weight is 461 g/mol. The number of aromatic nitrogens is 4. The number of ether oxygens (including phenoxy) is 1. The summed E-state index contributed by atoms with van der Waals surface area (Å²) < 4.78 is 37.5. The van der Waals surface area contributed by atoms with Gasteiger partial charge in [0.1, 0.15) is 0 Å². The lowest BCUT2D eigenvalue weighted by molar-refractivity contribution is 0.375. The van der Waals surface area contributed by atoms with Crippen LogP contribution in [-0.2, 0) is 0 Å². The Kier molecular flexibility index (Phi) is 4.67. The Morgan fingerprint density at radius 1 is 1.26 bits per heavy atom. The Bertz CT molecular complexity index is 1460. The van der Waals surface area contributed by atoms with Gasteiger partial charge in [0.15, 0.2) is 22.2 Å². The maximum absolute atomic E-state index is 14.4. The number of benzene rings is 2. The van der Waals surface area contributed by atoms with E-state index in [-0.39, 0.29) is 38.9 Å². The summed E-state index contributed by atoms with van der Waals surface area (Å²) in [5.41, 5.74) is 0.575. The molecule has 2 aromatic heterocycles. The third-order valence-electron chi connectivity index (χ3n) is 5.31. The van der Waals surface area contributed by atoms with Crippen LogP contribution in [0, 0.1) is 16.4 Å². The first-order chi connectivity index (χ1) is 14.9. The molecule has 1 N–H and O–H groups in total. The van der Waals surface area contributed by atoms with Gasteiger partial charge >= 0.3 is 0 Å². The summed E-state index contributed by atoms with van der Waals surface area (Å²) in [5, 5.41) is 7.52. The van der Waals surface area contributed by atoms with Gasteiger partial charge in [-0.25, -0.2) is 4.39 Å². The molecule has 1 aliphatic rings. The molecule has 0 aliphatic heterocycles. The van der Waals surface area contributed by atoms with E-state index in [1.54, 1.807) is 39.6 Å².